The van der Waals surface area contributed by atoms with E-state index in [0.717, 1.165) is 4.31 Å². The van der Waals surface area contributed by atoms with Gasteiger partial charge in [0.05, 0.1) is 0 Å². The van der Waals surface area contributed by atoms with E-state index >= 15 is 0 Å². The summed E-state index contributed by atoms with van der Waals surface area (Å²) >= 11 is 0. The number of nitrogens with two attached hydrogens (primary N) is 1. The number of nitrogens with zero attached hydrogens (tertiary/aromatic N) is 1. The number of hydrogen-bond acceptors (Lipinski definition) is 5. The van der Waals surface area contributed by atoms with Crippen molar-refractivity contribution in [2.24, 2.45) is 5.73 Å². The van der Waals surface area contributed by atoms with Gasteiger partial charge in [0.15, 0.2) is 0 Å². The van der Waals surface area contributed by atoms with Crippen LogP contribution in [0.2, 0.25) is 0 Å². The van der Waals surface area contributed by atoms with Gasteiger partial charge in [0.25, 0.3) is 5.91 Å². The zero-order valence-corrected chi connectivity index (χ0v) is 10.9. The SMILES string of the molecule is CN(C)S(=O)(=O)NC(=O)c1ccc(OCN)cc1. The summed E-state index contributed by atoms with van der Waals surface area (Å²) in [5.74, 6) is -0.201. The summed E-state index contributed by atoms with van der Waals surface area (Å²) in [6, 6.07) is 5.96. The van der Waals surface area contributed by atoms with Crippen LogP contribution in [0.3, 0.4) is 0 Å². The van der Waals surface area contributed by atoms with Crippen molar-refractivity contribution in [1.82, 2.24) is 9.03 Å². The Morgan fingerprint density at radius 1 is 1.33 bits per heavy atom. The summed E-state index contributed by atoms with van der Waals surface area (Å²) in [5, 5.41) is 0. The minimum absolute atomic E-state index is 0.0283. The van der Waals surface area contributed by atoms with Gasteiger partial charge in [0.2, 0.25) is 0 Å². The lowest BCUT2D eigenvalue weighted by Gasteiger charge is -2.12. The topological polar surface area (TPSA) is 102 Å². The van der Waals surface area contributed by atoms with Crippen LogP contribution in [0.15, 0.2) is 24.3 Å². The maximum Gasteiger partial charge on any atom is 0.303 e. The minimum Gasteiger partial charge on any atom is -0.479 e. The fourth-order valence-corrected chi connectivity index (χ4v) is 1.60. The van der Waals surface area contributed by atoms with Crippen molar-refractivity contribution < 1.29 is 17.9 Å². The summed E-state index contributed by atoms with van der Waals surface area (Å²) < 4.78 is 30.7. The molecular weight excluding hydrogens is 258 g/mol. The molecule has 0 spiro atoms. The van der Waals surface area contributed by atoms with E-state index in [9.17, 15) is 13.2 Å². The van der Waals surface area contributed by atoms with Gasteiger partial charge in [-0.1, -0.05) is 0 Å². The molecule has 18 heavy (non-hydrogen) atoms. The third kappa shape index (κ3) is 3.69. The smallest absolute Gasteiger partial charge is 0.303 e. The highest BCUT2D eigenvalue weighted by molar-refractivity contribution is 7.87. The van der Waals surface area contributed by atoms with Crippen LogP contribution in [-0.4, -0.2) is 39.5 Å². The molecule has 0 saturated heterocycles. The summed E-state index contributed by atoms with van der Waals surface area (Å²) in [7, 11) is -1.13. The van der Waals surface area contributed by atoms with Gasteiger partial charge in [-0.2, -0.15) is 12.7 Å². The molecule has 0 bridgehead atoms. The van der Waals surface area contributed by atoms with Gasteiger partial charge in [-0.3, -0.25) is 10.5 Å². The molecule has 3 N–H and O–H groups in total. The van der Waals surface area contributed by atoms with Crippen molar-refractivity contribution in [3.8, 4) is 5.75 Å². The number of hydrogen-bond donors (Lipinski definition) is 2. The monoisotopic (exact) mass is 273 g/mol. The standard InChI is InChI=1S/C10H15N3O4S/c1-13(2)18(15,16)12-10(14)8-3-5-9(6-4-8)17-7-11/h3-6H,7,11H2,1-2H3,(H,12,14). The predicted octanol–water partition coefficient (Wildman–Crippen LogP) is -0.482. The van der Waals surface area contributed by atoms with E-state index in [1.807, 2.05) is 4.72 Å². The molecule has 0 aliphatic heterocycles. The Kier molecular flexibility index (Phi) is 4.65. The zero-order valence-electron chi connectivity index (χ0n) is 10.1. The molecular formula is C10H15N3O4S. The van der Waals surface area contributed by atoms with E-state index in [-0.39, 0.29) is 12.3 Å². The Labute approximate surface area is 106 Å². The molecule has 0 fully saturated rings. The highest BCUT2D eigenvalue weighted by atomic mass is 32.2. The Morgan fingerprint density at radius 3 is 2.33 bits per heavy atom. The van der Waals surface area contributed by atoms with Crippen LogP contribution in [0.1, 0.15) is 10.4 Å². The second kappa shape index (κ2) is 5.80. The van der Waals surface area contributed by atoms with Gasteiger partial charge in [-0.25, -0.2) is 4.72 Å². The quantitative estimate of drug-likeness (QED) is 0.705. The average Bonchev–Trinajstić information content (AvgIpc) is 2.29. The highest BCUT2D eigenvalue weighted by Gasteiger charge is 2.17. The van der Waals surface area contributed by atoms with Crippen LogP contribution in [0, 0.1) is 0 Å². The fourth-order valence-electron chi connectivity index (χ4n) is 1.07. The van der Waals surface area contributed by atoms with Crippen molar-refractivity contribution in [2.45, 2.75) is 0 Å². The van der Waals surface area contributed by atoms with Crippen LogP contribution in [-0.2, 0) is 10.2 Å². The number of benzene rings is 1. The molecule has 0 aliphatic rings. The Balaban J connectivity index is 2.79. The van der Waals surface area contributed by atoms with Crippen molar-refractivity contribution in [2.75, 3.05) is 20.8 Å². The molecule has 0 heterocycles. The molecule has 0 atom stereocenters. The van der Waals surface area contributed by atoms with Crippen molar-refractivity contribution in [1.29, 1.82) is 0 Å². The second-order valence-corrected chi connectivity index (χ2v) is 5.44. The molecule has 7 nitrogen and oxygen atoms in total. The maximum atomic E-state index is 11.7. The Hall–Kier alpha value is -1.64. The van der Waals surface area contributed by atoms with Crippen molar-refractivity contribution in [3.63, 3.8) is 0 Å². The first-order valence-corrected chi connectivity index (χ1v) is 6.48. The molecule has 0 radical (unpaired) electrons. The summed E-state index contributed by atoms with van der Waals surface area (Å²) in [4.78, 5) is 11.7. The number of nitrogens with one attached hydrogen (secondary N) is 1. The molecule has 8 heteroatoms. The molecule has 1 aromatic rings. The molecule has 0 aliphatic carbocycles. The molecule has 100 valence electrons. The van der Waals surface area contributed by atoms with Crippen LogP contribution in [0.25, 0.3) is 0 Å². The van der Waals surface area contributed by atoms with Gasteiger partial charge < -0.3 is 4.74 Å². The van der Waals surface area contributed by atoms with E-state index in [4.69, 9.17) is 10.5 Å². The molecule has 0 saturated carbocycles. The van der Waals surface area contributed by atoms with Crippen molar-refractivity contribution in [3.05, 3.63) is 29.8 Å². The van der Waals surface area contributed by atoms with E-state index in [0.29, 0.717) is 5.75 Å². The summed E-state index contributed by atoms with van der Waals surface area (Å²) in [5.41, 5.74) is 5.40. The number of carbonyl (C=O) groups excluding carboxylic acids is 1. The van der Waals surface area contributed by atoms with Gasteiger partial charge in [-0.15, -0.1) is 0 Å². The first kappa shape index (κ1) is 14.4. The van der Waals surface area contributed by atoms with E-state index in [1.165, 1.54) is 38.4 Å². The summed E-state index contributed by atoms with van der Waals surface area (Å²) in [6.07, 6.45) is 0. The third-order valence-corrected chi connectivity index (χ3v) is 3.47. The number of rotatable bonds is 5. The van der Waals surface area contributed by atoms with Gasteiger partial charge in [0, 0.05) is 19.7 Å². The van der Waals surface area contributed by atoms with Crippen LogP contribution >= 0.6 is 0 Å². The number of carbonyl (C=O) groups is 1. The van der Waals surface area contributed by atoms with Gasteiger partial charge in [-0.05, 0) is 24.3 Å². The lowest BCUT2D eigenvalue weighted by molar-refractivity contribution is 0.0979. The van der Waals surface area contributed by atoms with Crippen molar-refractivity contribution >= 4 is 16.1 Å². The predicted molar refractivity (Wildman–Crippen MR) is 66.2 cm³/mol. The average molecular weight is 273 g/mol. The Bertz CT molecular complexity index is 510. The van der Waals surface area contributed by atoms with E-state index in [1.54, 1.807) is 0 Å². The third-order valence-electron chi connectivity index (χ3n) is 2.07. The van der Waals surface area contributed by atoms with E-state index < -0.39 is 16.1 Å². The molecule has 1 aromatic carbocycles. The molecule has 1 rings (SSSR count). The lowest BCUT2D eigenvalue weighted by atomic mass is 10.2. The van der Waals surface area contributed by atoms with Gasteiger partial charge >= 0.3 is 10.2 Å². The van der Waals surface area contributed by atoms with Crippen LogP contribution in [0.5, 0.6) is 5.75 Å². The first-order valence-electron chi connectivity index (χ1n) is 5.04. The maximum absolute atomic E-state index is 11.7. The lowest BCUT2D eigenvalue weighted by Crippen LogP contribution is -2.39. The second-order valence-electron chi connectivity index (χ2n) is 3.55. The van der Waals surface area contributed by atoms with Gasteiger partial charge in [0.1, 0.15) is 12.5 Å². The minimum atomic E-state index is -3.78. The summed E-state index contributed by atoms with van der Waals surface area (Å²) in [6.45, 7) is 0.0283. The molecule has 1 amide bonds. The molecule has 0 aromatic heterocycles. The number of amides is 1. The zero-order chi connectivity index (χ0) is 13.8. The van der Waals surface area contributed by atoms with E-state index in [2.05, 4.69) is 0 Å². The van der Waals surface area contributed by atoms with Crippen LogP contribution < -0.4 is 15.2 Å². The number of ether oxygens (including phenoxy) is 1. The molecule has 0 unspecified atom stereocenters. The Morgan fingerprint density at radius 2 is 1.89 bits per heavy atom. The normalized spacial score (nSPS) is 11.3. The largest absolute Gasteiger partial charge is 0.479 e. The highest BCUT2D eigenvalue weighted by Crippen LogP contribution is 2.11. The fraction of sp³-hybridized carbons (Fsp3) is 0.300. The first-order chi connectivity index (χ1) is 8.36. The van der Waals surface area contributed by atoms with Crippen LogP contribution in [0.4, 0.5) is 0 Å².